The van der Waals surface area contributed by atoms with Crippen molar-refractivity contribution in [3.05, 3.63) is 53.3 Å². The maximum atomic E-state index is 13.9. The number of rotatable bonds is 5. The first-order chi connectivity index (χ1) is 11.3. The zero-order valence-electron chi connectivity index (χ0n) is 14.2. The van der Waals surface area contributed by atoms with Crippen LogP contribution in [0.1, 0.15) is 18.1 Å². The van der Waals surface area contributed by atoms with E-state index in [1.54, 1.807) is 32.3 Å². The van der Waals surface area contributed by atoms with Crippen LogP contribution in [-0.4, -0.2) is 33.2 Å². The lowest BCUT2D eigenvalue weighted by Gasteiger charge is -2.12. The Morgan fingerprint density at radius 3 is 2.42 bits per heavy atom. The summed E-state index contributed by atoms with van der Waals surface area (Å²) in [5.41, 5.74) is 1.95. The molecule has 0 N–H and O–H groups in total. The molecule has 6 heteroatoms. The second-order valence-electron chi connectivity index (χ2n) is 5.66. The van der Waals surface area contributed by atoms with E-state index in [0.29, 0.717) is 11.3 Å². The molecule has 0 aliphatic carbocycles. The minimum Gasteiger partial charge on any atom is -0.366 e. The largest absolute Gasteiger partial charge is 0.366 e. The molecule has 24 heavy (non-hydrogen) atoms. The van der Waals surface area contributed by atoms with Crippen molar-refractivity contribution < 1.29 is 12.8 Å². The van der Waals surface area contributed by atoms with Crippen LogP contribution in [0.4, 0.5) is 10.1 Å². The fourth-order valence-corrected chi connectivity index (χ4v) is 3.86. The molecule has 0 aliphatic rings. The molecule has 0 spiro atoms. The van der Waals surface area contributed by atoms with Crippen LogP contribution >= 0.6 is 0 Å². The fraction of sp³-hybridized carbons (Fsp3) is 0.278. The molecular weight excluding hydrogens is 327 g/mol. The van der Waals surface area contributed by atoms with Gasteiger partial charge in [0.25, 0.3) is 0 Å². The predicted octanol–water partition coefficient (Wildman–Crippen LogP) is 3.89. The molecule has 2 rings (SSSR count). The Morgan fingerprint density at radius 1 is 1.12 bits per heavy atom. The molecule has 2 aromatic carbocycles. The van der Waals surface area contributed by atoms with Crippen molar-refractivity contribution in [2.75, 3.05) is 13.6 Å². The zero-order chi connectivity index (χ0) is 17.9. The molecule has 0 heterocycles. The van der Waals surface area contributed by atoms with E-state index in [-0.39, 0.29) is 9.79 Å². The van der Waals surface area contributed by atoms with Crippen molar-refractivity contribution in [2.45, 2.75) is 30.6 Å². The van der Waals surface area contributed by atoms with E-state index in [2.05, 4.69) is 4.99 Å². The van der Waals surface area contributed by atoms with Crippen molar-refractivity contribution in [1.29, 1.82) is 0 Å². The Hall–Kier alpha value is -2.21. The summed E-state index contributed by atoms with van der Waals surface area (Å²) in [6.45, 7) is 6.31. The van der Waals surface area contributed by atoms with Gasteiger partial charge in [-0.2, -0.15) is 0 Å². The van der Waals surface area contributed by atoms with E-state index < -0.39 is 15.7 Å². The Labute approximate surface area is 142 Å². The molecule has 0 saturated heterocycles. The molecule has 0 unspecified atom stereocenters. The maximum absolute atomic E-state index is 13.9. The summed E-state index contributed by atoms with van der Waals surface area (Å²) in [5.74, 6) is -0.749. The third kappa shape index (κ3) is 3.64. The van der Waals surface area contributed by atoms with Gasteiger partial charge in [0.15, 0.2) is 0 Å². The third-order valence-corrected chi connectivity index (χ3v) is 5.73. The van der Waals surface area contributed by atoms with Crippen molar-refractivity contribution in [2.24, 2.45) is 4.99 Å². The smallest absolute Gasteiger partial charge is 0.209 e. The molecule has 0 aliphatic heterocycles. The first-order valence-corrected chi connectivity index (χ1v) is 9.11. The van der Waals surface area contributed by atoms with E-state index in [1.807, 2.05) is 18.9 Å². The van der Waals surface area contributed by atoms with Gasteiger partial charge in [0.05, 0.1) is 16.9 Å². The van der Waals surface area contributed by atoms with Crippen LogP contribution in [0, 0.1) is 19.7 Å². The highest BCUT2D eigenvalue weighted by Gasteiger charge is 2.24. The van der Waals surface area contributed by atoms with E-state index in [0.717, 1.165) is 18.2 Å². The van der Waals surface area contributed by atoms with Crippen LogP contribution < -0.4 is 0 Å². The summed E-state index contributed by atoms with van der Waals surface area (Å²) in [7, 11) is -2.01. The molecule has 0 bridgehead atoms. The van der Waals surface area contributed by atoms with Gasteiger partial charge in [-0.1, -0.05) is 12.1 Å². The van der Waals surface area contributed by atoms with E-state index >= 15 is 0 Å². The molecule has 0 fully saturated rings. The van der Waals surface area contributed by atoms with Gasteiger partial charge >= 0.3 is 0 Å². The van der Waals surface area contributed by atoms with Gasteiger partial charge in [0.1, 0.15) is 10.7 Å². The summed E-state index contributed by atoms with van der Waals surface area (Å²) < 4.78 is 39.5. The summed E-state index contributed by atoms with van der Waals surface area (Å²) >= 11 is 0. The van der Waals surface area contributed by atoms with Crippen molar-refractivity contribution in [3.63, 3.8) is 0 Å². The lowest BCUT2D eigenvalue weighted by atomic mass is 10.1. The predicted molar refractivity (Wildman–Crippen MR) is 94.2 cm³/mol. The van der Waals surface area contributed by atoms with E-state index in [1.165, 1.54) is 18.2 Å². The van der Waals surface area contributed by atoms with Crippen LogP contribution in [0.25, 0.3) is 0 Å². The van der Waals surface area contributed by atoms with Gasteiger partial charge in [-0.25, -0.2) is 17.8 Å². The van der Waals surface area contributed by atoms with Crippen molar-refractivity contribution in [3.8, 4) is 0 Å². The van der Waals surface area contributed by atoms with E-state index in [9.17, 15) is 12.8 Å². The molecular formula is C18H21FN2O2S. The van der Waals surface area contributed by atoms with Crippen molar-refractivity contribution in [1.82, 2.24) is 4.90 Å². The number of nitrogens with zero attached hydrogens (tertiary/aromatic N) is 2. The lowest BCUT2D eigenvalue weighted by molar-refractivity contribution is 0.552. The lowest BCUT2D eigenvalue weighted by Crippen LogP contribution is -2.14. The molecule has 4 nitrogen and oxygen atoms in total. The number of benzene rings is 2. The summed E-state index contributed by atoms with van der Waals surface area (Å²) in [6.07, 6.45) is 1.70. The van der Waals surface area contributed by atoms with Crippen LogP contribution in [0.3, 0.4) is 0 Å². The van der Waals surface area contributed by atoms with Gasteiger partial charge in [-0.15, -0.1) is 0 Å². The van der Waals surface area contributed by atoms with Crippen LogP contribution in [0.5, 0.6) is 0 Å². The number of hydrogen-bond acceptors (Lipinski definition) is 3. The number of sulfone groups is 1. The molecule has 0 aromatic heterocycles. The maximum Gasteiger partial charge on any atom is 0.209 e. The number of halogens is 1. The summed E-state index contributed by atoms with van der Waals surface area (Å²) in [4.78, 5) is 6.09. The fourth-order valence-electron chi connectivity index (χ4n) is 2.23. The normalized spacial score (nSPS) is 11.9. The topological polar surface area (TPSA) is 49.7 Å². The van der Waals surface area contributed by atoms with Crippen LogP contribution in [0.15, 0.2) is 51.2 Å². The Balaban J connectivity index is 2.52. The van der Waals surface area contributed by atoms with Crippen LogP contribution in [-0.2, 0) is 9.84 Å². The molecule has 2 aromatic rings. The first-order valence-electron chi connectivity index (χ1n) is 7.62. The third-order valence-electron chi connectivity index (χ3n) is 3.80. The highest BCUT2D eigenvalue weighted by Crippen LogP contribution is 2.30. The Bertz CT molecular complexity index is 877. The zero-order valence-corrected chi connectivity index (χ0v) is 15.1. The van der Waals surface area contributed by atoms with Crippen molar-refractivity contribution >= 4 is 21.9 Å². The molecule has 0 amide bonds. The van der Waals surface area contributed by atoms with Gasteiger partial charge < -0.3 is 4.90 Å². The minimum absolute atomic E-state index is 0.105. The first kappa shape index (κ1) is 18.1. The minimum atomic E-state index is -3.91. The van der Waals surface area contributed by atoms with Crippen LogP contribution in [0.2, 0.25) is 0 Å². The highest BCUT2D eigenvalue weighted by atomic mass is 32.2. The second kappa shape index (κ2) is 7.13. The highest BCUT2D eigenvalue weighted by molar-refractivity contribution is 7.91. The second-order valence-corrected chi connectivity index (χ2v) is 7.54. The monoisotopic (exact) mass is 348 g/mol. The molecule has 128 valence electrons. The molecule has 0 atom stereocenters. The average Bonchev–Trinajstić information content (AvgIpc) is 2.54. The number of aliphatic imine (C=N–C) groups is 1. The Kier molecular flexibility index (Phi) is 5.39. The van der Waals surface area contributed by atoms with Gasteiger partial charge in [-0.3, -0.25) is 0 Å². The quantitative estimate of drug-likeness (QED) is 0.608. The average molecular weight is 348 g/mol. The Morgan fingerprint density at radius 2 is 1.79 bits per heavy atom. The van der Waals surface area contributed by atoms with Gasteiger partial charge in [-0.05, 0) is 56.2 Å². The summed E-state index contributed by atoms with van der Waals surface area (Å²) in [5, 5.41) is 0. The number of hydrogen-bond donors (Lipinski definition) is 0. The van der Waals surface area contributed by atoms with Gasteiger partial charge in [0, 0.05) is 13.6 Å². The molecule has 0 radical (unpaired) electrons. The molecule has 0 saturated carbocycles. The SMILES string of the molecule is CCN(C)C=Nc1cc(C)c(S(=O)(=O)c2ccccc2F)cc1C. The summed E-state index contributed by atoms with van der Waals surface area (Å²) in [6, 6.07) is 8.67. The van der Waals surface area contributed by atoms with Gasteiger partial charge in [0.2, 0.25) is 9.84 Å². The standard InChI is InChI=1S/C18H21FN2O2S/c1-5-21(4)12-20-16-10-14(3)18(11-13(16)2)24(22,23)17-9-7-6-8-15(17)19/h6-12H,5H2,1-4H3. The number of aryl methyl sites for hydroxylation is 2. The van der Waals surface area contributed by atoms with E-state index in [4.69, 9.17) is 0 Å².